The molecule has 1 aromatic carbocycles. The fraction of sp³-hybridized carbons (Fsp3) is 0.0625. The lowest BCUT2D eigenvalue weighted by Gasteiger charge is -2.08. The summed E-state index contributed by atoms with van der Waals surface area (Å²) in [6.07, 6.45) is 3.39. The lowest BCUT2D eigenvalue weighted by Crippen LogP contribution is -2.20. The summed E-state index contributed by atoms with van der Waals surface area (Å²) in [5, 5.41) is 3.64. The van der Waals surface area contributed by atoms with Crippen molar-refractivity contribution in [1.82, 2.24) is 14.5 Å². The van der Waals surface area contributed by atoms with Crippen LogP contribution < -0.4 is 5.56 Å². The van der Waals surface area contributed by atoms with Gasteiger partial charge in [0.1, 0.15) is 4.83 Å². The van der Waals surface area contributed by atoms with Gasteiger partial charge < -0.3 is 0 Å². The zero-order valence-electron chi connectivity index (χ0n) is 11.1. The molecule has 0 radical (unpaired) electrons. The van der Waals surface area contributed by atoms with Crippen molar-refractivity contribution in [3.05, 3.63) is 70.2 Å². The number of nitrogens with zero attached hydrogens (tertiary/aromatic N) is 3. The summed E-state index contributed by atoms with van der Waals surface area (Å²) in [5.74, 6) is 0. The van der Waals surface area contributed by atoms with E-state index in [1.807, 2.05) is 41.8 Å². The second kappa shape index (κ2) is 4.79. The Balaban J connectivity index is 1.87. The van der Waals surface area contributed by atoms with E-state index in [-0.39, 0.29) is 5.56 Å². The van der Waals surface area contributed by atoms with E-state index in [0.29, 0.717) is 11.9 Å². The van der Waals surface area contributed by atoms with E-state index in [1.165, 1.54) is 11.3 Å². The van der Waals surface area contributed by atoms with Crippen LogP contribution in [0.15, 0.2) is 59.1 Å². The fourth-order valence-electron chi connectivity index (χ4n) is 2.48. The van der Waals surface area contributed by atoms with Gasteiger partial charge in [0, 0.05) is 11.6 Å². The Morgan fingerprint density at radius 1 is 1.10 bits per heavy atom. The Labute approximate surface area is 124 Å². The molecule has 0 bridgehead atoms. The maximum Gasteiger partial charge on any atom is 0.262 e. The van der Waals surface area contributed by atoms with Crippen molar-refractivity contribution in [1.29, 1.82) is 0 Å². The fourth-order valence-corrected chi connectivity index (χ4v) is 3.21. The molecule has 0 amide bonds. The molecule has 102 valence electrons. The summed E-state index contributed by atoms with van der Waals surface area (Å²) in [4.78, 5) is 22.0. The van der Waals surface area contributed by atoms with E-state index in [9.17, 15) is 4.79 Å². The molecule has 5 heteroatoms. The minimum Gasteiger partial charge on any atom is -0.294 e. The molecule has 0 fully saturated rings. The molecule has 3 aromatic heterocycles. The van der Waals surface area contributed by atoms with Gasteiger partial charge in [-0.2, -0.15) is 0 Å². The van der Waals surface area contributed by atoms with Crippen LogP contribution in [0.1, 0.15) is 5.56 Å². The first-order chi connectivity index (χ1) is 10.3. The summed E-state index contributed by atoms with van der Waals surface area (Å²) >= 11 is 1.48. The van der Waals surface area contributed by atoms with E-state index < -0.39 is 0 Å². The maximum absolute atomic E-state index is 12.4. The lowest BCUT2D eigenvalue weighted by atomic mass is 10.1. The van der Waals surface area contributed by atoms with Crippen LogP contribution in [0.2, 0.25) is 0 Å². The van der Waals surface area contributed by atoms with E-state index in [2.05, 4.69) is 9.97 Å². The molecule has 4 rings (SSSR count). The average molecular weight is 293 g/mol. The minimum absolute atomic E-state index is 0.00539. The number of pyridine rings is 1. The smallest absolute Gasteiger partial charge is 0.262 e. The third-order valence-electron chi connectivity index (χ3n) is 3.51. The van der Waals surface area contributed by atoms with Gasteiger partial charge in [-0.15, -0.1) is 11.3 Å². The maximum atomic E-state index is 12.4. The summed E-state index contributed by atoms with van der Waals surface area (Å²) in [7, 11) is 0. The molecule has 0 unspecified atom stereocenters. The number of aromatic nitrogens is 3. The molecular formula is C16H11N3OS. The predicted molar refractivity (Wildman–Crippen MR) is 84.7 cm³/mol. The van der Waals surface area contributed by atoms with Crippen LogP contribution in [0.4, 0.5) is 0 Å². The molecule has 21 heavy (non-hydrogen) atoms. The second-order valence-electron chi connectivity index (χ2n) is 4.81. The van der Waals surface area contributed by atoms with Crippen LogP contribution >= 0.6 is 11.3 Å². The van der Waals surface area contributed by atoms with Crippen molar-refractivity contribution in [3.63, 3.8) is 0 Å². The topological polar surface area (TPSA) is 47.8 Å². The molecule has 0 aliphatic heterocycles. The summed E-state index contributed by atoms with van der Waals surface area (Å²) in [6, 6.07) is 11.8. The van der Waals surface area contributed by atoms with Crippen molar-refractivity contribution in [3.8, 4) is 0 Å². The standard InChI is InChI=1S/C16H11N3OS/c20-16-13-6-8-21-15(13)18-10-19(16)9-12-4-1-3-11-5-2-7-17-14(11)12/h1-8,10H,9H2. The Morgan fingerprint density at radius 2 is 2.00 bits per heavy atom. The van der Waals surface area contributed by atoms with Gasteiger partial charge in [0.05, 0.1) is 23.8 Å². The molecule has 0 saturated carbocycles. The average Bonchev–Trinajstić information content (AvgIpc) is 3.00. The Morgan fingerprint density at radius 3 is 2.95 bits per heavy atom. The molecule has 4 aromatic rings. The zero-order valence-corrected chi connectivity index (χ0v) is 11.9. The highest BCUT2D eigenvalue weighted by Gasteiger charge is 2.07. The third-order valence-corrected chi connectivity index (χ3v) is 4.33. The quantitative estimate of drug-likeness (QED) is 0.570. The Kier molecular flexibility index (Phi) is 2.79. The summed E-state index contributed by atoms with van der Waals surface area (Å²) in [5.41, 5.74) is 1.94. The van der Waals surface area contributed by atoms with Crippen LogP contribution in [0.25, 0.3) is 21.1 Å². The second-order valence-corrected chi connectivity index (χ2v) is 5.70. The van der Waals surface area contributed by atoms with Gasteiger partial charge in [0.15, 0.2) is 0 Å². The van der Waals surface area contributed by atoms with Gasteiger partial charge in [-0.1, -0.05) is 24.3 Å². The van der Waals surface area contributed by atoms with Crippen molar-refractivity contribution in [2.24, 2.45) is 0 Å². The van der Waals surface area contributed by atoms with Gasteiger partial charge in [-0.3, -0.25) is 14.3 Å². The van der Waals surface area contributed by atoms with Crippen LogP contribution in [-0.4, -0.2) is 14.5 Å². The summed E-state index contributed by atoms with van der Waals surface area (Å²) in [6.45, 7) is 0.478. The zero-order chi connectivity index (χ0) is 14.2. The number of rotatable bonds is 2. The van der Waals surface area contributed by atoms with Gasteiger partial charge in [0.2, 0.25) is 0 Å². The first kappa shape index (κ1) is 12.2. The SMILES string of the molecule is O=c1c2ccsc2ncn1Cc1cccc2cccnc12. The highest BCUT2D eigenvalue weighted by molar-refractivity contribution is 7.16. The van der Waals surface area contributed by atoms with Crippen molar-refractivity contribution < 1.29 is 0 Å². The van der Waals surface area contributed by atoms with Crippen LogP contribution in [0.3, 0.4) is 0 Å². The molecular weight excluding hydrogens is 282 g/mol. The summed E-state index contributed by atoms with van der Waals surface area (Å²) < 4.78 is 1.64. The molecule has 0 saturated heterocycles. The van der Waals surface area contributed by atoms with E-state index >= 15 is 0 Å². The largest absolute Gasteiger partial charge is 0.294 e. The van der Waals surface area contributed by atoms with Gasteiger partial charge in [-0.25, -0.2) is 4.98 Å². The van der Waals surface area contributed by atoms with E-state index in [1.54, 1.807) is 17.1 Å². The number of benzene rings is 1. The molecule has 0 aliphatic carbocycles. The monoisotopic (exact) mass is 293 g/mol. The van der Waals surface area contributed by atoms with Crippen LogP contribution in [0.5, 0.6) is 0 Å². The first-order valence-electron chi connectivity index (χ1n) is 6.58. The molecule has 3 heterocycles. The van der Waals surface area contributed by atoms with Crippen molar-refractivity contribution >= 4 is 32.5 Å². The molecule has 0 aliphatic rings. The number of thiophene rings is 1. The van der Waals surface area contributed by atoms with Crippen molar-refractivity contribution in [2.75, 3.05) is 0 Å². The lowest BCUT2D eigenvalue weighted by molar-refractivity contribution is 0.752. The predicted octanol–water partition coefficient (Wildman–Crippen LogP) is 3.05. The number of hydrogen-bond donors (Lipinski definition) is 0. The highest BCUT2D eigenvalue weighted by atomic mass is 32.1. The molecule has 0 spiro atoms. The Bertz CT molecular complexity index is 998. The highest BCUT2D eigenvalue weighted by Crippen LogP contribution is 2.17. The van der Waals surface area contributed by atoms with E-state index in [0.717, 1.165) is 21.3 Å². The van der Waals surface area contributed by atoms with Crippen molar-refractivity contribution in [2.45, 2.75) is 6.54 Å². The van der Waals surface area contributed by atoms with Gasteiger partial charge in [-0.05, 0) is 23.1 Å². The van der Waals surface area contributed by atoms with E-state index in [4.69, 9.17) is 0 Å². The molecule has 0 atom stereocenters. The number of fused-ring (bicyclic) bond motifs is 2. The number of para-hydroxylation sites is 1. The third kappa shape index (κ3) is 2.02. The normalized spacial score (nSPS) is 11.2. The molecule has 4 nitrogen and oxygen atoms in total. The Hall–Kier alpha value is -2.53. The van der Waals surface area contributed by atoms with Gasteiger partial charge >= 0.3 is 0 Å². The van der Waals surface area contributed by atoms with Crippen LogP contribution in [0, 0.1) is 0 Å². The first-order valence-corrected chi connectivity index (χ1v) is 7.46. The van der Waals surface area contributed by atoms with Crippen LogP contribution in [-0.2, 0) is 6.54 Å². The minimum atomic E-state index is -0.00539. The number of hydrogen-bond acceptors (Lipinski definition) is 4. The van der Waals surface area contributed by atoms with Gasteiger partial charge in [0.25, 0.3) is 5.56 Å². The molecule has 0 N–H and O–H groups in total.